The molecule has 0 atom stereocenters. The van der Waals surface area contributed by atoms with Gasteiger partial charge in [-0.2, -0.15) is 8.42 Å². The molecule has 0 saturated heterocycles. The predicted molar refractivity (Wildman–Crippen MR) is 113 cm³/mol. The number of anilines is 2. The van der Waals surface area contributed by atoms with Crippen LogP contribution in [0.5, 0.6) is 5.75 Å². The molecule has 150 valence electrons. The summed E-state index contributed by atoms with van der Waals surface area (Å²) in [5, 5.41) is 5.84. The molecule has 0 spiro atoms. The smallest absolute Gasteiger partial charge is 0.285 e. The highest BCUT2D eigenvalue weighted by Crippen LogP contribution is 2.17. The van der Waals surface area contributed by atoms with Crippen LogP contribution in [0.1, 0.15) is 11.4 Å². The Bertz CT molecular complexity index is 1090. The molecule has 0 fully saturated rings. The number of ether oxygens (including phenoxy) is 1. The lowest BCUT2D eigenvalue weighted by Crippen LogP contribution is -2.25. The zero-order chi connectivity index (χ0) is 20.9. The van der Waals surface area contributed by atoms with Crippen LogP contribution in [-0.2, 0) is 10.0 Å². The largest absolute Gasteiger partial charge is 0.497 e. The number of nitrogens with zero attached hydrogens (tertiary/aromatic N) is 3. The number of sulfonamides is 1. The average molecular weight is 411 g/mol. The zero-order valence-electron chi connectivity index (χ0n) is 16.2. The number of methoxy groups -OCH3 is 1. The summed E-state index contributed by atoms with van der Waals surface area (Å²) in [6.07, 6.45) is 0. The fraction of sp³-hybridized carbons (Fsp3) is 0.150. The Labute approximate surface area is 169 Å². The minimum atomic E-state index is -3.95. The van der Waals surface area contributed by atoms with Crippen LogP contribution in [0.2, 0.25) is 0 Å². The standard InChI is InChI=1S/C20H21N5O3S/c1-14-13-15(2)22-19(21-14)24-20(23-16-9-11-17(28-3)12-10-16)25-29(26,27)18-7-5-4-6-8-18/h4-13H,1-3H3,(H2,21,22,23,24,25). The van der Waals surface area contributed by atoms with E-state index in [1.54, 1.807) is 49.6 Å². The molecule has 8 nitrogen and oxygen atoms in total. The molecule has 1 heterocycles. The average Bonchev–Trinajstić information content (AvgIpc) is 2.68. The first kappa shape index (κ1) is 20.3. The Morgan fingerprint density at radius 2 is 1.55 bits per heavy atom. The second-order valence-corrected chi connectivity index (χ2v) is 7.78. The van der Waals surface area contributed by atoms with E-state index in [1.807, 2.05) is 19.9 Å². The number of aromatic nitrogens is 2. The number of aryl methyl sites for hydroxylation is 2. The van der Waals surface area contributed by atoms with Gasteiger partial charge in [-0.15, -0.1) is 4.40 Å². The fourth-order valence-corrected chi connectivity index (χ4v) is 3.48. The Hall–Kier alpha value is -3.46. The van der Waals surface area contributed by atoms with Crippen molar-refractivity contribution in [3.05, 3.63) is 72.1 Å². The van der Waals surface area contributed by atoms with E-state index < -0.39 is 10.0 Å². The Balaban J connectivity index is 1.97. The SMILES string of the molecule is COc1ccc(N/C(=N\S(=O)(=O)c2ccccc2)Nc2nc(C)cc(C)n2)cc1. The van der Waals surface area contributed by atoms with E-state index in [-0.39, 0.29) is 16.8 Å². The second-order valence-electron chi connectivity index (χ2n) is 6.18. The van der Waals surface area contributed by atoms with Crippen LogP contribution < -0.4 is 15.4 Å². The van der Waals surface area contributed by atoms with Gasteiger partial charge in [0.2, 0.25) is 11.9 Å². The van der Waals surface area contributed by atoms with Gasteiger partial charge in [0, 0.05) is 17.1 Å². The highest BCUT2D eigenvalue weighted by Gasteiger charge is 2.15. The Morgan fingerprint density at radius 1 is 0.931 bits per heavy atom. The van der Waals surface area contributed by atoms with Gasteiger partial charge in [0.25, 0.3) is 10.0 Å². The lowest BCUT2D eigenvalue weighted by Gasteiger charge is -2.12. The molecule has 0 saturated carbocycles. The minimum Gasteiger partial charge on any atom is -0.497 e. The molecule has 9 heteroatoms. The molecule has 0 unspecified atom stereocenters. The number of benzene rings is 2. The third-order valence-corrected chi connectivity index (χ3v) is 5.11. The van der Waals surface area contributed by atoms with Crippen molar-refractivity contribution in [1.82, 2.24) is 9.97 Å². The van der Waals surface area contributed by atoms with Crippen LogP contribution in [0, 0.1) is 13.8 Å². The third-order valence-electron chi connectivity index (χ3n) is 3.82. The molecule has 3 aromatic rings. The van der Waals surface area contributed by atoms with Crippen molar-refractivity contribution in [3.63, 3.8) is 0 Å². The Kier molecular flexibility index (Phi) is 6.08. The molecule has 2 N–H and O–H groups in total. The molecular formula is C20H21N5O3S. The third kappa shape index (κ3) is 5.52. The van der Waals surface area contributed by atoms with E-state index in [2.05, 4.69) is 25.0 Å². The highest BCUT2D eigenvalue weighted by atomic mass is 32.2. The molecule has 0 aliphatic heterocycles. The summed E-state index contributed by atoms with van der Waals surface area (Å²) in [5.41, 5.74) is 2.11. The van der Waals surface area contributed by atoms with Crippen LogP contribution in [0.4, 0.5) is 11.6 Å². The molecular weight excluding hydrogens is 390 g/mol. The number of hydrogen-bond acceptors (Lipinski definition) is 5. The summed E-state index contributed by atoms with van der Waals surface area (Å²) in [7, 11) is -2.38. The number of hydrogen-bond donors (Lipinski definition) is 2. The van der Waals surface area contributed by atoms with Crippen molar-refractivity contribution in [1.29, 1.82) is 0 Å². The molecule has 0 radical (unpaired) electrons. The predicted octanol–water partition coefficient (Wildman–Crippen LogP) is 3.37. The molecule has 0 amide bonds. The monoisotopic (exact) mass is 411 g/mol. The maximum Gasteiger partial charge on any atom is 0.285 e. The first-order chi connectivity index (χ1) is 13.9. The van der Waals surface area contributed by atoms with Gasteiger partial charge in [-0.25, -0.2) is 9.97 Å². The first-order valence-corrected chi connectivity index (χ1v) is 10.2. The van der Waals surface area contributed by atoms with Gasteiger partial charge in [-0.3, -0.25) is 5.32 Å². The molecule has 0 aliphatic carbocycles. The molecule has 3 rings (SSSR count). The van der Waals surface area contributed by atoms with Gasteiger partial charge in [-0.1, -0.05) is 18.2 Å². The number of guanidine groups is 1. The van der Waals surface area contributed by atoms with Crippen molar-refractivity contribution in [2.24, 2.45) is 4.40 Å². The van der Waals surface area contributed by atoms with E-state index >= 15 is 0 Å². The van der Waals surface area contributed by atoms with Crippen LogP contribution in [0.25, 0.3) is 0 Å². The maximum absolute atomic E-state index is 12.7. The van der Waals surface area contributed by atoms with Gasteiger partial charge in [0.05, 0.1) is 12.0 Å². The molecule has 0 bridgehead atoms. The van der Waals surface area contributed by atoms with Gasteiger partial charge in [0.1, 0.15) is 5.75 Å². The lowest BCUT2D eigenvalue weighted by molar-refractivity contribution is 0.415. The number of nitrogens with one attached hydrogen (secondary N) is 2. The van der Waals surface area contributed by atoms with Crippen LogP contribution in [-0.4, -0.2) is 31.5 Å². The van der Waals surface area contributed by atoms with Crippen molar-refractivity contribution >= 4 is 27.6 Å². The minimum absolute atomic E-state index is 0.0241. The van der Waals surface area contributed by atoms with E-state index in [4.69, 9.17) is 4.74 Å². The van der Waals surface area contributed by atoms with Gasteiger partial charge in [-0.05, 0) is 56.3 Å². The summed E-state index contributed by atoms with van der Waals surface area (Å²) in [4.78, 5) is 8.66. The molecule has 1 aromatic heterocycles. The molecule has 2 aromatic carbocycles. The van der Waals surface area contributed by atoms with Gasteiger partial charge in [0.15, 0.2) is 0 Å². The van der Waals surface area contributed by atoms with E-state index in [0.29, 0.717) is 11.4 Å². The van der Waals surface area contributed by atoms with E-state index in [1.165, 1.54) is 12.1 Å². The summed E-state index contributed by atoms with van der Waals surface area (Å²) in [6.45, 7) is 3.66. The fourth-order valence-electron chi connectivity index (χ4n) is 2.54. The van der Waals surface area contributed by atoms with Crippen LogP contribution >= 0.6 is 0 Å². The Morgan fingerprint density at radius 3 is 2.14 bits per heavy atom. The second kappa shape index (κ2) is 8.70. The maximum atomic E-state index is 12.7. The van der Waals surface area contributed by atoms with Crippen LogP contribution in [0.3, 0.4) is 0 Å². The topological polar surface area (TPSA) is 106 Å². The van der Waals surface area contributed by atoms with Crippen molar-refractivity contribution < 1.29 is 13.2 Å². The normalized spacial score (nSPS) is 11.8. The summed E-state index contributed by atoms with van der Waals surface area (Å²) >= 11 is 0. The highest BCUT2D eigenvalue weighted by molar-refractivity contribution is 7.90. The van der Waals surface area contributed by atoms with Gasteiger partial charge >= 0.3 is 0 Å². The van der Waals surface area contributed by atoms with E-state index in [0.717, 1.165) is 11.4 Å². The molecule has 0 aliphatic rings. The van der Waals surface area contributed by atoms with Gasteiger partial charge < -0.3 is 10.1 Å². The first-order valence-electron chi connectivity index (χ1n) is 8.76. The summed E-state index contributed by atoms with van der Waals surface area (Å²) in [6, 6.07) is 16.8. The van der Waals surface area contributed by atoms with E-state index in [9.17, 15) is 8.42 Å². The number of rotatable bonds is 5. The lowest BCUT2D eigenvalue weighted by atomic mass is 10.3. The van der Waals surface area contributed by atoms with Crippen molar-refractivity contribution in [2.75, 3.05) is 17.7 Å². The van der Waals surface area contributed by atoms with Crippen molar-refractivity contribution in [3.8, 4) is 5.75 Å². The zero-order valence-corrected chi connectivity index (χ0v) is 17.1. The molecule has 29 heavy (non-hydrogen) atoms. The summed E-state index contributed by atoms with van der Waals surface area (Å²) in [5.74, 6) is 0.895. The van der Waals surface area contributed by atoms with Crippen molar-refractivity contribution in [2.45, 2.75) is 18.7 Å². The quantitative estimate of drug-likeness (QED) is 0.490. The van der Waals surface area contributed by atoms with Crippen LogP contribution in [0.15, 0.2) is 70.0 Å². The summed E-state index contributed by atoms with van der Waals surface area (Å²) < 4.78 is 34.5.